The van der Waals surface area contributed by atoms with Crippen molar-refractivity contribution in [1.29, 1.82) is 0 Å². The molecule has 1 heteroatoms. The first kappa shape index (κ1) is 11.5. The van der Waals surface area contributed by atoms with Crippen molar-refractivity contribution in [1.82, 2.24) is 0 Å². The molecule has 0 atom stereocenters. The van der Waals surface area contributed by atoms with Gasteiger partial charge in [-0.05, 0) is 41.4 Å². The zero-order chi connectivity index (χ0) is 11.7. The number of hydrogen-bond donors (Lipinski definition) is 0. The fourth-order valence-electron chi connectivity index (χ4n) is 2.30. The van der Waals surface area contributed by atoms with Crippen molar-refractivity contribution in [2.45, 2.75) is 52.4 Å². The van der Waals surface area contributed by atoms with Gasteiger partial charge in [0, 0.05) is 0 Å². The number of hydrogen-bond acceptors (Lipinski definition) is 1. The highest BCUT2D eigenvalue weighted by molar-refractivity contribution is 5.48. The SMILES string of the molecule is CC(C)c1cc2c(c(C(C)C)c1)OCCC2. The molecule has 1 aliphatic rings. The van der Waals surface area contributed by atoms with E-state index in [4.69, 9.17) is 4.74 Å². The molecule has 0 aromatic heterocycles. The lowest BCUT2D eigenvalue weighted by Gasteiger charge is -2.24. The fourth-order valence-corrected chi connectivity index (χ4v) is 2.30. The molecule has 0 fully saturated rings. The topological polar surface area (TPSA) is 9.23 Å². The molecule has 0 saturated heterocycles. The molecule has 0 bridgehead atoms. The molecule has 2 rings (SSSR count). The van der Waals surface area contributed by atoms with Crippen LogP contribution in [0.25, 0.3) is 0 Å². The average molecular weight is 218 g/mol. The highest BCUT2D eigenvalue weighted by Crippen LogP contribution is 2.36. The van der Waals surface area contributed by atoms with Crippen LogP contribution in [0.5, 0.6) is 5.75 Å². The summed E-state index contributed by atoms with van der Waals surface area (Å²) in [6.45, 7) is 9.90. The smallest absolute Gasteiger partial charge is 0.125 e. The van der Waals surface area contributed by atoms with E-state index in [9.17, 15) is 0 Å². The van der Waals surface area contributed by atoms with Crippen molar-refractivity contribution >= 4 is 0 Å². The zero-order valence-electron chi connectivity index (χ0n) is 10.8. The zero-order valence-corrected chi connectivity index (χ0v) is 10.8. The minimum Gasteiger partial charge on any atom is -0.493 e. The second kappa shape index (κ2) is 4.48. The third-order valence-electron chi connectivity index (χ3n) is 3.34. The van der Waals surface area contributed by atoms with Crippen LogP contribution in [-0.2, 0) is 6.42 Å². The Bertz CT molecular complexity index is 377. The van der Waals surface area contributed by atoms with Crippen LogP contribution in [-0.4, -0.2) is 6.61 Å². The van der Waals surface area contributed by atoms with Crippen molar-refractivity contribution in [3.63, 3.8) is 0 Å². The Morgan fingerprint density at radius 1 is 1.06 bits per heavy atom. The standard InChI is InChI=1S/C15H22O/c1-10(2)13-8-12-6-5-7-16-15(12)14(9-13)11(3)4/h8-11H,5-7H2,1-4H3. The van der Waals surface area contributed by atoms with E-state index in [0.29, 0.717) is 11.8 Å². The summed E-state index contributed by atoms with van der Waals surface area (Å²) in [6.07, 6.45) is 2.34. The van der Waals surface area contributed by atoms with Gasteiger partial charge in [-0.3, -0.25) is 0 Å². The van der Waals surface area contributed by atoms with Gasteiger partial charge in [0.2, 0.25) is 0 Å². The molecule has 1 nitrogen and oxygen atoms in total. The largest absolute Gasteiger partial charge is 0.493 e. The van der Waals surface area contributed by atoms with Gasteiger partial charge in [-0.15, -0.1) is 0 Å². The van der Waals surface area contributed by atoms with Crippen molar-refractivity contribution in [3.8, 4) is 5.75 Å². The third-order valence-corrected chi connectivity index (χ3v) is 3.34. The van der Waals surface area contributed by atoms with Crippen molar-refractivity contribution < 1.29 is 4.74 Å². The van der Waals surface area contributed by atoms with E-state index in [1.807, 2.05) is 0 Å². The van der Waals surface area contributed by atoms with Gasteiger partial charge >= 0.3 is 0 Å². The lowest BCUT2D eigenvalue weighted by atomic mass is 9.90. The number of ether oxygens (including phenoxy) is 1. The summed E-state index contributed by atoms with van der Waals surface area (Å²) >= 11 is 0. The van der Waals surface area contributed by atoms with Crippen LogP contribution in [0.15, 0.2) is 12.1 Å². The van der Waals surface area contributed by atoms with Crippen LogP contribution < -0.4 is 4.74 Å². The predicted molar refractivity (Wildman–Crippen MR) is 68.4 cm³/mol. The first-order chi connectivity index (χ1) is 7.59. The molecule has 0 radical (unpaired) electrons. The van der Waals surface area contributed by atoms with Crippen LogP contribution in [0.2, 0.25) is 0 Å². The van der Waals surface area contributed by atoms with Gasteiger partial charge < -0.3 is 4.74 Å². The Balaban J connectivity index is 2.52. The Morgan fingerprint density at radius 2 is 1.81 bits per heavy atom. The lowest BCUT2D eigenvalue weighted by Crippen LogP contribution is -2.12. The summed E-state index contributed by atoms with van der Waals surface area (Å²) < 4.78 is 5.85. The van der Waals surface area contributed by atoms with Gasteiger partial charge in [-0.1, -0.05) is 39.8 Å². The maximum atomic E-state index is 5.85. The van der Waals surface area contributed by atoms with E-state index in [-0.39, 0.29) is 0 Å². The van der Waals surface area contributed by atoms with Gasteiger partial charge in [-0.2, -0.15) is 0 Å². The first-order valence-corrected chi connectivity index (χ1v) is 6.39. The molecule has 16 heavy (non-hydrogen) atoms. The Kier molecular flexibility index (Phi) is 3.22. The molecule has 0 amide bonds. The van der Waals surface area contributed by atoms with Crippen LogP contribution in [0.3, 0.4) is 0 Å². The number of aryl methyl sites for hydroxylation is 1. The van der Waals surface area contributed by atoms with Crippen LogP contribution in [0.1, 0.15) is 62.6 Å². The summed E-state index contributed by atoms with van der Waals surface area (Å²) in [7, 11) is 0. The number of fused-ring (bicyclic) bond motifs is 1. The summed E-state index contributed by atoms with van der Waals surface area (Å²) in [5, 5.41) is 0. The van der Waals surface area contributed by atoms with Crippen LogP contribution >= 0.6 is 0 Å². The molecule has 1 heterocycles. The molecule has 0 spiro atoms. The predicted octanol–water partition coefficient (Wildman–Crippen LogP) is 4.26. The quantitative estimate of drug-likeness (QED) is 0.720. The van der Waals surface area contributed by atoms with Crippen molar-refractivity contribution in [3.05, 3.63) is 28.8 Å². The van der Waals surface area contributed by atoms with Crippen LogP contribution in [0, 0.1) is 0 Å². The molecule has 0 N–H and O–H groups in total. The molecular weight excluding hydrogens is 196 g/mol. The van der Waals surface area contributed by atoms with E-state index < -0.39 is 0 Å². The van der Waals surface area contributed by atoms with E-state index in [1.54, 1.807) is 0 Å². The van der Waals surface area contributed by atoms with E-state index >= 15 is 0 Å². The monoisotopic (exact) mass is 218 g/mol. The van der Waals surface area contributed by atoms with Crippen molar-refractivity contribution in [2.24, 2.45) is 0 Å². The normalized spacial score (nSPS) is 15.1. The molecule has 1 aromatic carbocycles. The van der Waals surface area contributed by atoms with Crippen molar-refractivity contribution in [2.75, 3.05) is 6.61 Å². The second-order valence-corrected chi connectivity index (χ2v) is 5.36. The molecule has 1 aromatic rings. The third kappa shape index (κ3) is 2.09. The Morgan fingerprint density at radius 3 is 2.44 bits per heavy atom. The molecule has 0 saturated carbocycles. The fraction of sp³-hybridized carbons (Fsp3) is 0.600. The van der Waals surface area contributed by atoms with Gasteiger partial charge in [-0.25, -0.2) is 0 Å². The van der Waals surface area contributed by atoms with E-state index in [2.05, 4.69) is 39.8 Å². The molecule has 1 aliphatic heterocycles. The minimum absolute atomic E-state index is 0.547. The maximum Gasteiger partial charge on any atom is 0.125 e. The average Bonchev–Trinajstić information content (AvgIpc) is 2.27. The summed E-state index contributed by atoms with van der Waals surface area (Å²) in [4.78, 5) is 0. The molecule has 0 unspecified atom stereocenters. The molecule has 0 aliphatic carbocycles. The van der Waals surface area contributed by atoms with Gasteiger partial charge in [0.1, 0.15) is 5.75 Å². The van der Waals surface area contributed by atoms with Gasteiger partial charge in [0.25, 0.3) is 0 Å². The Labute approximate surface area is 98.8 Å². The van der Waals surface area contributed by atoms with E-state index in [0.717, 1.165) is 13.0 Å². The van der Waals surface area contributed by atoms with Gasteiger partial charge in [0.15, 0.2) is 0 Å². The summed E-state index contributed by atoms with van der Waals surface area (Å²) in [5.74, 6) is 2.32. The minimum atomic E-state index is 0.547. The second-order valence-electron chi connectivity index (χ2n) is 5.36. The first-order valence-electron chi connectivity index (χ1n) is 6.39. The summed E-state index contributed by atoms with van der Waals surface area (Å²) in [5.41, 5.74) is 4.26. The lowest BCUT2D eigenvalue weighted by molar-refractivity contribution is 0.284. The highest BCUT2D eigenvalue weighted by atomic mass is 16.5. The molecule has 88 valence electrons. The van der Waals surface area contributed by atoms with Gasteiger partial charge in [0.05, 0.1) is 6.61 Å². The summed E-state index contributed by atoms with van der Waals surface area (Å²) in [6, 6.07) is 4.67. The number of benzene rings is 1. The highest BCUT2D eigenvalue weighted by Gasteiger charge is 2.18. The molecular formula is C15H22O. The Hall–Kier alpha value is -0.980. The maximum absolute atomic E-state index is 5.85. The number of rotatable bonds is 2. The van der Waals surface area contributed by atoms with Crippen LogP contribution in [0.4, 0.5) is 0 Å². The van der Waals surface area contributed by atoms with E-state index in [1.165, 1.54) is 28.9 Å².